The summed E-state index contributed by atoms with van der Waals surface area (Å²) in [7, 11) is 0. The Bertz CT molecular complexity index is 540. The van der Waals surface area contributed by atoms with E-state index in [1.165, 1.54) is 6.07 Å². The molecule has 1 aromatic rings. The Labute approximate surface area is 124 Å². The first kappa shape index (κ1) is 14.8. The Morgan fingerprint density at radius 3 is 2.65 bits per heavy atom. The van der Waals surface area contributed by atoms with Crippen molar-refractivity contribution in [3.05, 3.63) is 37.8 Å². The van der Waals surface area contributed by atoms with Crippen LogP contribution in [-0.2, 0) is 11.3 Å². The number of carboxylic acid groups (broad SMARTS) is 1. The molecule has 108 valence electrons. The van der Waals surface area contributed by atoms with Crippen LogP contribution in [-0.4, -0.2) is 16.2 Å². The lowest BCUT2D eigenvalue weighted by Gasteiger charge is -2.15. The molecule has 1 aromatic carbocycles. The van der Waals surface area contributed by atoms with Gasteiger partial charge in [-0.05, 0) is 51.9 Å². The zero-order valence-electron chi connectivity index (χ0n) is 10.7. The fourth-order valence-electron chi connectivity index (χ4n) is 2.64. The molecule has 0 heterocycles. The van der Waals surface area contributed by atoms with E-state index in [1.807, 2.05) is 0 Å². The van der Waals surface area contributed by atoms with Crippen molar-refractivity contribution in [3.8, 4) is 0 Å². The van der Waals surface area contributed by atoms with Gasteiger partial charge in [-0.1, -0.05) is 12.8 Å². The molecule has 1 fully saturated rings. The van der Waals surface area contributed by atoms with Gasteiger partial charge in [-0.2, -0.15) is 0 Å². The SMILES string of the molecule is O=C(O)OCc1cc([N+](=O)[O-])c(Br)cc1C1CCCC1. The van der Waals surface area contributed by atoms with Gasteiger partial charge in [0.25, 0.3) is 5.69 Å². The molecule has 0 saturated heterocycles. The number of ether oxygens (including phenoxy) is 1. The van der Waals surface area contributed by atoms with Crippen LogP contribution in [0, 0.1) is 10.1 Å². The molecule has 1 aliphatic rings. The molecule has 0 unspecified atom stereocenters. The van der Waals surface area contributed by atoms with E-state index in [-0.39, 0.29) is 12.3 Å². The van der Waals surface area contributed by atoms with Crippen LogP contribution in [0.25, 0.3) is 0 Å². The van der Waals surface area contributed by atoms with Gasteiger partial charge in [0, 0.05) is 6.07 Å². The molecule has 20 heavy (non-hydrogen) atoms. The van der Waals surface area contributed by atoms with Crippen LogP contribution in [0.1, 0.15) is 42.7 Å². The summed E-state index contributed by atoms with van der Waals surface area (Å²) in [5.74, 6) is 0.319. The Balaban J connectivity index is 2.38. The summed E-state index contributed by atoms with van der Waals surface area (Å²) in [6, 6.07) is 3.13. The highest BCUT2D eigenvalue weighted by Gasteiger charge is 2.24. The average Bonchev–Trinajstić information content (AvgIpc) is 2.90. The lowest BCUT2D eigenvalue weighted by Crippen LogP contribution is -2.06. The minimum absolute atomic E-state index is 0.0734. The summed E-state index contributed by atoms with van der Waals surface area (Å²) >= 11 is 3.21. The van der Waals surface area contributed by atoms with Crippen molar-refractivity contribution in [1.82, 2.24) is 0 Å². The van der Waals surface area contributed by atoms with E-state index in [9.17, 15) is 14.9 Å². The Morgan fingerprint density at radius 2 is 2.10 bits per heavy atom. The highest BCUT2D eigenvalue weighted by Crippen LogP contribution is 2.39. The number of hydrogen-bond donors (Lipinski definition) is 1. The molecule has 7 heteroatoms. The average molecular weight is 344 g/mol. The van der Waals surface area contributed by atoms with Gasteiger partial charge in [-0.25, -0.2) is 4.79 Å². The molecular weight excluding hydrogens is 330 g/mol. The fraction of sp³-hybridized carbons (Fsp3) is 0.462. The van der Waals surface area contributed by atoms with Crippen LogP contribution in [0.2, 0.25) is 0 Å². The Hall–Kier alpha value is -1.63. The Morgan fingerprint density at radius 1 is 1.45 bits per heavy atom. The molecular formula is C13H14BrNO5. The quantitative estimate of drug-likeness (QED) is 0.502. The van der Waals surface area contributed by atoms with Crippen LogP contribution in [0.15, 0.2) is 16.6 Å². The van der Waals surface area contributed by atoms with Crippen LogP contribution < -0.4 is 0 Å². The van der Waals surface area contributed by atoms with Crippen LogP contribution in [0.5, 0.6) is 0 Å². The predicted octanol–water partition coefficient (Wildman–Crippen LogP) is 4.21. The molecule has 0 radical (unpaired) electrons. The first-order chi connectivity index (χ1) is 9.49. The third kappa shape index (κ3) is 3.27. The number of carbonyl (C=O) groups is 1. The van der Waals surface area contributed by atoms with E-state index in [1.54, 1.807) is 6.07 Å². The van der Waals surface area contributed by atoms with E-state index in [0.29, 0.717) is 16.0 Å². The number of rotatable bonds is 4. The molecule has 0 amide bonds. The van der Waals surface area contributed by atoms with Crippen molar-refractivity contribution in [3.63, 3.8) is 0 Å². The summed E-state index contributed by atoms with van der Waals surface area (Å²) in [5.41, 5.74) is 1.45. The minimum atomic E-state index is -1.38. The number of hydrogen-bond acceptors (Lipinski definition) is 4. The van der Waals surface area contributed by atoms with Gasteiger partial charge in [0.05, 0.1) is 9.40 Å². The van der Waals surface area contributed by atoms with Gasteiger partial charge >= 0.3 is 6.16 Å². The lowest BCUT2D eigenvalue weighted by molar-refractivity contribution is -0.385. The number of nitrogens with zero attached hydrogens (tertiary/aromatic N) is 1. The standard InChI is InChI=1S/C13H14BrNO5/c14-11-6-10(8-3-1-2-4-8)9(7-20-13(16)17)5-12(11)15(18)19/h5-6,8H,1-4,7H2,(H,16,17). The van der Waals surface area contributed by atoms with Gasteiger partial charge in [-0.3, -0.25) is 10.1 Å². The lowest BCUT2D eigenvalue weighted by atomic mass is 9.93. The van der Waals surface area contributed by atoms with E-state index in [0.717, 1.165) is 31.2 Å². The Kier molecular flexibility index (Phi) is 4.59. The normalized spacial score (nSPS) is 15.2. The van der Waals surface area contributed by atoms with Crippen molar-refractivity contribution >= 4 is 27.8 Å². The van der Waals surface area contributed by atoms with Crippen LogP contribution >= 0.6 is 15.9 Å². The molecule has 0 bridgehead atoms. The van der Waals surface area contributed by atoms with Gasteiger partial charge in [0.1, 0.15) is 6.61 Å². The third-order valence-electron chi connectivity index (χ3n) is 3.55. The van der Waals surface area contributed by atoms with Gasteiger partial charge in [0.15, 0.2) is 0 Å². The first-order valence-electron chi connectivity index (χ1n) is 6.31. The van der Waals surface area contributed by atoms with Crippen LogP contribution in [0.4, 0.5) is 10.5 Å². The summed E-state index contributed by atoms with van der Waals surface area (Å²) in [6.45, 7) is -0.157. The topological polar surface area (TPSA) is 89.7 Å². The number of nitro groups is 1. The zero-order valence-corrected chi connectivity index (χ0v) is 12.3. The van der Waals surface area contributed by atoms with E-state index >= 15 is 0 Å². The second kappa shape index (κ2) is 6.21. The van der Waals surface area contributed by atoms with Crippen molar-refractivity contribution in [2.45, 2.75) is 38.2 Å². The minimum Gasteiger partial charge on any atom is -0.450 e. The van der Waals surface area contributed by atoms with E-state index in [2.05, 4.69) is 20.7 Å². The second-order valence-electron chi connectivity index (χ2n) is 4.80. The van der Waals surface area contributed by atoms with Gasteiger partial charge in [0.2, 0.25) is 0 Å². The number of benzene rings is 1. The summed E-state index contributed by atoms with van der Waals surface area (Å²) < 4.78 is 5.00. The van der Waals surface area contributed by atoms with Crippen molar-refractivity contribution in [2.75, 3.05) is 0 Å². The molecule has 0 aliphatic heterocycles. The van der Waals surface area contributed by atoms with E-state index < -0.39 is 11.1 Å². The van der Waals surface area contributed by atoms with Gasteiger partial charge < -0.3 is 9.84 Å². The fourth-order valence-corrected chi connectivity index (χ4v) is 3.15. The number of halogens is 1. The van der Waals surface area contributed by atoms with Gasteiger partial charge in [-0.15, -0.1) is 0 Å². The molecule has 6 nitrogen and oxygen atoms in total. The summed E-state index contributed by atoms with van der Waals surface area (Å²) in [6.07, 6.45) is 2.90. The molecule has 0 aromatic heterocycles. The molecule has 1 saturated carbocycles. The molecule has 1 aliphatic carbocycles. The van der Waals surface area contributed by atoms with Crippen molar-refractivity contribution in [2.24, 2.45) is 0 Å². The highest BCUT2D eigenvalue weighted by molar-refractivity contribution is 9.10. The maximum absolute atomic E-state index is 11.0. The summed E-state index contributed by atoms with van der Waals surface area (Å²) in [5, 5.41) is 19.6. The molecule has 0 spiro atoms. The summed E-state index contributed by atoms with van der Waals surface area (Å²) in [4.78, 5) is 21.0. The zero-order chi connectivity index (χ0) is 14.7. The maximum Gasteiger partial charge on any atom is 0.506 e. The smallest absolute Gasteiger partial charge is 0.450 e. The second-order valence-corrected chi connectivity index (χ2v) is 5.65. The largest absolute Gasteiger partial charge is 0.506 e. The highest BCUT2D eigenvalue weighted by atomic mass is 79.9. The predicted molar refractivity (Wildman–Crippen MR) is 74.8 cm³/mol. The van der Waals surface area contributed by atoms with Crippen molar-refractivity contribution in [1.29, 1.82) is 0 Å². The van der Waals surface area contributed by atoms with E-state index in [4.69, 9.17) is 5.11 Å². The third-order valence-corrected chi connectivity index (χ3v) is 4.19. The maximum atomic E-state index is 11.0. The van der Waals surface area contributed by atoms with Crippen LogP contribution in [0.3, 0.4) is 0 Å². The number of nitro benzene ring substituents is 1. The molecule has 0 atom stereocenters. The first-order valence-corrected chi connectivity index (χ1v) is 7.10. The molecule has 2 rings (SSSR count). The van der Waals surface area contributed by atoms with Crippen molar-refractivity contribution < 1.29 is 19.6 Å². The molecule has 1 N–H and O–H groups in total. The monoisotopic (exact) mass is 343 g/mol.